The first kappa shape index (κ1) is 18.8. The first-order valence-electron chi connectivity index (χ1n) is 10.5. The van der Waals surface area contributed by atoms with E-state index in [9.17, 15) is 14.0 Å². The Morgan fingerprint density at radius 1 is 1.10 bits per heavy atom. The Bertz CT molecular complexity index is 1120. The molecule has 0 radical (unpaired) electrons. The summed E-state index contributed by atoms with van der Waals surface area (Å²) in [5.74, 6) is -0.189. The van der Waals surface area contributed by atoms with Crippen molar-refractivity contribution in [2.75, 3.05) is 10.2 Å². The van der Waals surface area contributed by atoms with E-state index in [2.05, 4.69) is 5.32 Å². The van der Waals surface area contributed by atoms with Crippen LogP contribution in [0.15, 0.2) is 48.5 Å². The first-order valence-corrected chi connectivity index (χ1v) is 10.5. The van der Waals surface area contributed by atoms with Gasteiger partial charge in [-0.2, -0.15) is 0 Å². The number of nitrogens with one attached hydrogen (secondary N) is 1. The molecule has 2 aromatic carbocycles. The molecule has 5 rings (SSSR count). The minimum Gasteiger partial charge on any atom is -0.326 e. The number of rotatable bonds is 4. The summed E-state index contributed by atoms with van der Waals surface area (Å²) in [5, 5.41) is 2.71. The van der Waals surface area contributed by atoms with E-state index in [0.717, 1.165) is 36.7 Å². The molecule has 1 atom stereocenters. The van der Waals surface area contributed by atoms with Crippen LogP contribution >= 0.6 is 0 Å². The van der Waals surface area contributed by atoms with Crippen molar-refractivity contribution in [1.82, 2.24) is 9.55 Å². The highest BCUT2D eigenvalue weighted by molar-refractivity contribution is 6.05. The van der Waals surface area contributed by atoms with E-state index in [4.69, 9.17) is 4.98 Å². The quantitative estimate of drug-likeness (QED) is 0.697. The second-order valence-electron chi connectivity index (χ2n) is 8.05. The van der Waals surface area contributed by atoms with Gasteiger partial charge in [-0.1, -0.05) is 37.5 Å². The van der Waals surface area contributed by atoms with Crippen LogP contribution < -0.4 is 10.2 Å². The van der Waals surface area contributed by atoms with Gasteiger partial charge in [-0.05, 0) is 43.2 Å². The summed E-state index contributed by atoms with van der Waals surface area (Å²) < 4.78 is 15.3. The Kier molecular flexibility index (Phi) is 4.73. The predicted octanol–water partition coefficient (Wildman–Crippen LogP) is 4.42. The third kappa shape index (κ3) is 3.24. The highest BCUT2D eigenvalue weighted by Crippen LogP contribution is 2.40. The van der Waals surface area contributed by atoms with Crippen molar-refractivity contribution in [3.05, 3.63) is 54.3 Å². The average Bonchev–Trinajstić information content (AvgIpc) is 3.23. The summed E-state index contributed by atoms with van der Waals surface area (Å²) in [4.78, 5) is 32.7. The molecule has 154 valence electrons. The topological polar surface area (TPSA) is 67.2 Å². The molecular formula is C23H23FN4O2. The number of carbonyl (C=O) groups excluding carboxylic acids is 2. The smallest absolute Gasteiger partial charge is 0.253 e. The molecular weight excluding hydrogens is 383 g/mol. The summed E-state index contributed by atoms with van der Waals surface area (Å²) in [6, 6.07) is 12.9. The Hall–Kier alpha value is -3.22. The number of hydrogen-bond donors (Lipinski definition) is 1. The SMILES string of the molecule is O=C(C[C@@H]1C(=O)N(C2CCCCC2)c2nc3ccccc3n21)Nc1cccc(F)c1. The minimum absolute atomic E-state index is 0.0219. The zero-order chi connectivity index (χ0) is 20.7. The third-order valence-corrected chi connectivity index (χ3v) is 6.05. The van der Waals surface area contributed by atoms with Gasteiger partial charge in [0.15, 0.2) is 0 Å². The maximum Gasteiger partial charge on any atom is 0.253 e. The van der Waals surface area contributed by atoms with Crippen molar-refractivity contribution in [2.45, 2.75) is 50.6 Å². The van der Waals surface area contributed by atoms with Gasteiger partial charge in [0.25, 0.3) is 5.91 Å². The van der Waals surface area contributed by atoms with Crippen LogP contribution in [0.2, 0.25) is 0 Å². The molecule has 1 saturated carbocycles. The number of halogens is 1. The highest BCUT2D eigenvalue weighted by atomic mass is 19.1. The van der Waals surface area contributed by atoms with Crippen LogP contribution in [0.4, 0.5) is 16.0 Å². The molecule has 1 aliphatic carbocycles. The van der Waals surface area contributed by atoms with Crippen LogP contribution in [-0.4, -0.2) is 27.4 Å². The number of amides is 2. The number of aromatic nitrogens is 2. The van der Waals surface area contributed by atoms with Gasteiger partial charge in [0.05, 0.1) is 17.5 Å². The Morgan fingerprint density at radius 3 is 2.70 bits per heavy atom. The number of nitrogens with zero attached hydrogens (tertiary/aromatic N) is 3. The molecule has 1 N–H and O–H groups in total. The van der Waals surface area contributed by atoms with Gasteiger partial charge >= 0.3 is 0 Å². The molecule has 1 aliphatic heterocycles. The lowest BCUT2D eigenvalue weighted by Gasteiger charge is -2.30. The molecule has 2 aliphatic rings. The molecule has 2 amide bonds. The van der Waals surface area contributed by atoms with Gasteiger partial charge in [-0.3, -0.25) is 19.1 Å². The monoisotopic (exact) mass is 406 g/mol. The van der Waals surface area contributed by atoms with E-state index in [1.54, 1.807) is 6.07 Å². The van der Waals surface area contributed by atoms with Crippen molar-refractivity contribution in [3.8, 4) is 0 Å². The van der Waals surface area contributed by atoms with Crippen molar-refractivity contribution in [2.24, 2.45) is 0 Å². The molecule has 3 aromatic rings. The van der Waals surface area contributed by atoms with Gasteiger partial charge in [-0.15, -0.1) is 0 Å². The van der Waals surface area contributed by atoms with Crippen LogP contribution in [0, 0.1) is 5.82 Å². The molecule has 0 saturated heterocycles. The predicted molar refractivity (Wildman–Crippen MR) is 113 cm³/mol. The van der Waals surface area contributed by atoms with Crippen molar-refractivity contribution >= 4 is 34.5 Å². The maximum atomic E-state index is 13.4. The Morgan fingerprint density at radius 2 is 1.90 bits per heavy atom. The van der Waals surface area contributed by atoms with Crippen LogP contribution in [0.5, 0.6) is 0 Å². The second-order valence-corrected chi connectivity index (χ2v) is 8.05. The van der Waals surface area contributed by atoms with Gasteiger partial charge in [-0.25, -0.2) is 9.37 Å². The molecule has 1 fully saturated rings. The molecule has 6 nitrogen and oxygen atoms in total. The number of carbonyl (C=O) groups is 2. The van der Waals surface area contributed by atoms with E-state index in [-0.39, 0.29) is 24.3 Å². The minimum atomic E-state index is -0.650. The fourth-order valence-electron chi connectivity index (χ4n) is 4.69. The molecule has 0 unspecified atom stereocenters. The zero-order valence-electron chi connectivity index (χ0n) is 16.6. The molecule has 30 heavy (non-hydrogen) atoms. The number of anilines is 2. The second kappa shape index (κ2) is 7.55. The third-order valence-electron chi connectivity index (χ3n) is 6.05. The summed E-state index contributed by atoms with van der Waals surface area (Å²) in [5.41, 5.74) is 2.05. The standard InChI is InChI=1S/C23H23FN4O2/c24-15-7-6-8-16(13-15)25-21(29)14-20-22(30)27(17-9-2-1-3-10-17)23-26-18-11-4-5-12-19(18)28(20)23/h4-8,11-13,17,20H,1-3,9-10,14H2,(H,25,29)/t20-/m1/s1. The van der Waals surface area contributed by atoms with E-state index < -0.39 is 11.9 Å². The van der Waals surface area contributed by atoms with Gasteiger partial charge in [0.2, 0.25) is 11.9 Å². The fraction of sp³-hybridized carbons (Fsp3) is 0.348. The van der Waals surface area contributed by atoms with Gasteiger partial charge in [0, 0.05) is 11.7 Å². The van der Waals surface area contributed by atoms with Crippen molar-refractivity contribution in [1.29, 1.82) is 0 Å². The van der Waals surface area contributed by atoms with Gasteiger partial charge < -0.3 is 5.32 Å². The lowest BCUT2D eigenvalue weighted by Crippen LogP contribution is -2.41. The number of imidazole rings is 1. The fourth-order valence-corrected chi connectivity index (χ4v) is 4.69. The molecule has 1 aromatic heterocycles. The Balaban J connectivity index is 1.47. The van der Waals surface area contributed by atoms with E-state index in [1.165, 1.54) is 24.6 Å². The maximum absolute atomic E-state index is 13.4. The van der Waals surface area contributed by atoms with E-state index in [0.29, 0.717) is 11.6 Å². The van der Waals surface area contributed by atoms with Crippen molar-refractivity contribution < 1.29 is 14.0 Å². The molecule has 0 spiro atoms. The number of hydrogen-bond acceptors (Lipinski definition) is 3. The number of fused-ring (bicyclic) bond motifs is 3. The lowest BCUT2D eigenvalue weighted by molar-refractivity contribution is -0.125. The largest absolute Gasteiger partial charge is 0.326 e. The van der Waals surface area contributed by atoms with Gasteiger partial charge in [0.1, 0.15) is 11.9 Å². The summed E-state index contributed by atoms with van der Waals surface area (Å²) in [6.07, 6.45) is 5.27. The van der Waals surface area contributed by atoms with E-state index >= 15 is 0 Å². The number of para-hydroxylation sites is 2. The van der Waals surface area contributed by atoms with Crippen LogP contribution in [0.25, 0.3) is 11.0 Å². The summed E-state index contributed by atoms with van der Waals surface area (Å²) in [6.45, 7) is 0. The van der Waals surface area contributed by atoms with Crippen molar-refractivity contribution in [3.63, 3.8) is 0 Å². The van der Waals surface area contributed by atoms with Crippen LogP contribution in [0.1, 0.15) is 44.6 Å². The summed E-state index contributed by atoms with van der Waals surface area (Å²) in [7, 11) is 0. The normalized spacial score (nSPS) is 19.3. The molecule has 2 heterocycles. The summed E-state index contributed by atoms with van der Waals surface area (Å²) >= 11 is 0. The van der Waals surface area contributed by atoms with Crippen LogP contribution in [0.3, 0.4) is 0 Å². The zero-order valence-corrected chi connectivity index (χ0v) is 16.6. The average molecular weight is 406 g/mol. The Labute approximate surface area is 173 Å². The van der Waals surface area contributed by atoms with Crippen LogP contribution in [-0.2, 0) is 9.59 Å². The first-order chi connectivity index (χ1) is 14.6. The number of benzene rings is 2. The van der Waals surface area contributed by atoms with E-state index in [1.807, 2.05) is 33.7 Å². The molecule has 7 heteroatoms. The highest BCUT2D eigenvalue weighted by Gasteiger charge is 2.44. The lowest BCUT2D eigenvalue weighted by atomic mass is 9.94. The molecule has 0 bridgehead atoms.